The normalized spacial score (nSPS) is 17.2. The molecular formula is C31H31ClN2O8. The topological polar surface area (TPSA) is 115 Å². The van der Waals surface area contributed by atoms with Crippen molar-refractivity contribution in [2.75, 3.05) is 40.6 Å². The summed E-state index contributed by atoms with van der Waals surface area (Å²) in [4.78, 5) is 44.6. The maximum atomic E-state index is 13.8. The molecule has 2 aromatic carbocycles. The van der Waals surface area contributed by atoms with Crippen LogP contribution < -0.4 is 10.3 Å². The number of oxime groups is 1. The molecule has 1 saturated heterocycles. The number of rotatable bonds is 10. The van der Waals surface area contributed by atoms with E-state index in [4.69, 9.17) is 35.4 Å². The number of ether oxygens (including phenoxy) is 4. The molecule has 1 fully saturated rings. The molecule has 42 heavy (non-hydrogen) atoms. The predicted molar refractivity (Wildman–Crippen MR) is 156 cm³/mol. The van der Waals surface area contributed by atoms with Crippen LogP contribution in [0.1, 0.15) is 40.4 Å². The summed E-state index contributed by atoms with van der Waals surface area (Å²) in [6.45, 7) is 1.67. The van der Waals surface area contributed by atoms with E-state index >= 15 is 0 Å². The van der Waals surface area contributed by atoms with Gasteiger partial charge in [0.05, 0.1) is 63.7 Å². The van der Waals surface area contributed by atoms with Crippen LogP contribution in [-0.4, -0.2) is 68.8 Å². The smallest absolute Gasteiger partial charge is 0.337 e. The molecule has 11 heteroatoms. The molecule has 10 nitrogen and oxygen atoms in total. The molecule has 0 amide bonds. The first kappa shape index (κ1) is 29.5. The van der Waals surface area contributed by atoms with Crippen molar-refractivity contribution >= 4 is 29.1 Å². The molecule has 220 valence electrons. The third kappa shape index (κ3) is 6.56. The molecule has 0 radical (unpaired) electrons. The van der Waals surface area contributed by atoms with Crippen molar-refractivity contribution in [1.29, 1.82) is 0 Å². The zero-order valence-electron chi connectivity index (χ0n) is 23.3. The van der Waals surface area contributed by atoms with E-state index in [1.54, 1.807) is 42.6 Å². The van der Waals surface area contributed by atoms with Gasteiger partial charge in [-0.15, -0.1) is 0 Å². The first-order chi connectivity index (χ1) is 20.4. The number of aromatic nitrogens is 1. The molecule has 0 bridgehead atoms. The Morgan fingerprint density at radius 1 is 1.05 bits per heavy atom. The van der Waals surface area contributed by atoms with E-state index in [-0.39, 0.29) is 24.7 Å². The van der Waals surface area contributed by atoms with E-state index in [0.717, 1.165) is 11.3 Å². The van der Waals surface area contributed by atoms with Crippen LogP contribution in [-0.2, 0) is 30.3 Å². The summed E-state index contributed by atoms with van der Waals surface area (Å²) in [7, 11) is 2.81. The number of methoxy groups -OCH3 is 2. The molecule has 3 heterocycles. The van der Waals surface area contributed by atoms with Crippen molar-refractivity contribution in [3.05, 3.63) is 86.8 Å². The molecular weight excluding hydrogens is 564 g/mol. The average Bonchev–Trinajstić information content (AvgIpc) is 3.55. The van der Waals surface area contributed by atoms with Gasteiger partial charge in [0.1, 0.15) is 12.4 Å². The fraction of sp³-hybridized carbons (Fsp3) is 0.355. The molecule has 2 unspecified atom stereocenters. The Labute approximate surface area is 247 Å². The van der Waals surface area contributed by atoms with Gasteiger partial charge in [0.25, 0.3) is 5.56 Å². The SMILES string of the molecule is COC(=O)c1ccc(CC(=O)C(CC2COCCO2)n2cc(OC)c(-c3cc(Cl)ccc3C3=NOCC3)cc2=O)cc1. The Morgan fingerprint density at radius 2 is 1.86 bits per heavy atom. The first-order valence-electron chi connectivity index (χ1n) is 13.6. The van der Waals surface area contributed by atoms with Crippen LogP contribution in [0.3, 0.4) is 0 Å². The Bertz CT molecular complexity index is 1540. The molecule has 0 spiro atoms. The quantitative estimate of drug-likeness (QED) is 0.320. The van der Waals surface area contributed by atoms with Crippen LogP contribution in [0.25, 0.3) is 11.1 Å². The minimum Gasteiger partial charge on any atom is -0.495 e. The molecule has 2 aliphatic heterocycles. The number of ketones is 1. The Kier molecular flexibility index (Phi) is 9.36. The van der Waals surface area contributed by atoms with Crippen LogP contribution >= 0.6 is 11.6 Å². The van der Waals surface area contributed by atoms with Crippen molar-refractivity contribution < 1.29 is 33.4 Å². The van der Waals surface area contributed by atoms with Crippen LogP contribution in [0.5, 0.6) is 5.75 Å². The van der Waals surface area contributed by atoms with E-state index < -0.39 is 17.6 Å². The summed E-state index contributed by atoms with van der Waals surface area (Å²) >= 11 is 6.36. The van der Waals surface area contributed by atoms with Crippen molar-refractivity contribution in [2.45, 2.75) is 31.4 Å². The number of hydrogen-bond acceptors (Lipinski definition) is 9. The number of nitrogens with zero attached hydrogens (tertiary/aromatic N) is 2. The third-order valence-electron chi connectivity index (χ3n) is 7.28. The molecule has 1 aromatic heterocycles. The number of esters is 1. The van der Waals surface area contributed by atoms with Gasteiger partial charge in [-0.2, -0.15) is 0 Å². The van der Waals surface area contributed by atoms with E-state index in [1.807, 2.05) is 6.07 Å². The van der Waals surface area contributed by atoms with Gasteiger partial charge >= 0.3 is 5.97 Å². The number of Topliss-reactive ketones (excluding diaryl/α,β-unsaturated/α-hetero) is 1. The van der Waals surface area contributed by atoms with Crippen molar-refractivity contribution in [3.8, 4) is 16.9 Å². The lowest BCUT2D eigenvalue weighted by atomic mass is 9.94. The molecule has 2 atom stereocenters. The van der Waals surface area contributed by atoms with Gasteiger partial charge < -0.3 is 28.4 Å². The fourth-order valence-electron chi connectivity index (χ4n) is 5.15. The number of hydrogen-bond donors (Lipinski definition) is 0. The highest BCUT2D eigenvalue weighted by molar-refractivity contribution is 6.31. The van der Waals surface area contributed by atoms with Crippen molar-refractivity contribution in [2.24, 2.45) is 5.16 Å². The van der Waals surface area contributed by atoms with Crippen LogP contribution in [0.15, 0.2) is 64.7 Å². The van der Waals surface area contributed by atoms with Crippen LogP contribution in [0.4, 0.5) is 0 Å². The van der Waals surface area contributed by atoms with Crippen molar-refractivity contribution in [1.82, 2.24) is 4.57 Å². The summed E-state index contributed by atoms with van der Waals surface area (Å²) in [6.07, 6.45) is 2.08. The highest BCUT2D eigenvalue weighted by atomic mass is 35.5. The Hall–Kier alpha value is -3.99. The van der Waals surface area contributed by atoms with Crippen LogP contribution in [0, 0.1) is 0 Å². The van der Waals surface area contributed by atoms with Crippen LogP contribution in [0.2, 0.25) is 5.02 Å². The highest BCUT2D eigenvalue weighted by Crippen LogP contribution is 2.35. The van der Waals surface area contributed by atoms with Gasteiger partial charge in [-0.1, -0.05) is 35.0 Å². The lowest BCUT2D eigenvalue weighted by Crippen LogP contribution is -2.37. The van der Waals surface area contributed by atoms with Gasteiger partial charge in [-0.25, -0.2) is 4.79 Å². The summed E-state index contributed by atoms with van der Waals surface area (Å²) in [6, 6.07) is 12.6. The lowest BCUT2D eigenvalue weighted by Gasteiger charge is -2.28. The third-order valence-corrected chi connectivity index (χ3v) is 7.52. The van der Waals surface area contributed by atoms with E-state index in [9.17, 15) is 14.4 Å². The maximum absolute atomic E-state index is 13.8. The number of benzene rings is 2. The summed E-state index contributed by atoms with van der Waals surface area (Å²) in [5.74, 6) is -0.277. The second kappa shape index (κ2) is 13.3. The number of carbonyl (C=O) groups is 2. The molecule has 0 aliphatic carbocycles. The maximum Gasteiger partial charge on any atom is 0.337 e. The van der Waals surface area contributed by atoms with E-state index in [0.29, 0.717) is 65.9 Å². The largest absolute Gasteiger partial charge is 0.495 e. The number of carbonyl (C=O) groups excluding carboxylic acids is 2. The second-order valence-electron chi connectivity index (χ2n) is 9.96. The zero-order valence-corrected chi connectivity index (χ0v) is 24.1. The molecule has 5 rings (SSSR count). The zero-order chi connectivity index (χ0) is 29.6. The molecule has 3 aromatic rings. The number of halogens is 1. The standard InChI is InChI=1S/C31H31ClN2O8/c1-38-29-17-34(30(36)16-25(29)24-14-21(32)7-8-23(24)26-9-10-42-33-26)27(15-22-18-40-11-12-41-22)28(35)13-19-3-5-20(6-4-19)31(37)39-2/h3-8,14,16-17,22,27H,9-13,15,18H2,1-2H3. The van der Waals surface area contributed by atoms with E-state index in [1.165, 1.54) is 24.9 Å². The summed E-state index contributed by atoms with van der Waals surface area (Å²) < 4.78 is 23.3. The lowest BCUT2D eigenvalue weighted by molar-refractivity contribution is -0.126. The second-order valence-corrected chi connectivity index (χ2v) is 10.4. The minimum absolute atomic E-state index is 0.0362. The summed E-state index contributed by atoms with van der Waals surface area (Å²) in [5, 5.41) is 4.63. The highest BCUT2D eigenvalue weighted by Gasteiger charge is 2.29. The van der Waals surface area contributed by atoms with Gasteiger partial charge in [0, 0.05) is 41.5 Å². The Balaban J connectivity index is 1.52. The van der Waals surface area contributed by atoms with E-state index in [2.05, 4.69) is 5.16 Å². The van der Waals surface area contributed by atoms with Crippen molar-refractivity contribution in [3.63, 3.8) is 0 Å². The minimum atomic E-state index is -0.862. The van der Waals surface area contributed by atoms with Gasteiger partial charge in [-0.05, 0) is 35.4 Å². The average molecular weight is 595 g/mol. The van der Waals surface area contributed by atoms with Gasteiger partial charge in [0.15, 0.2) is 5.78 Å². The number of pyridine rings is 1. The monoisotopic (exact) mass is 594 g/mol. The molecule has 0 saturated carbocycles. The Morgan fingerprint density at radius 3 is 2.52 bits per heavy atom. The molecule has 0 N–H and O–H groups in total. The molecule has 2 aliphatic rings. The predicted octanol–water partition coefficient (Wildman–Crippen LogP) is 4.25. The van der Waals surface area contributed by atoms with Gasteiger partial charge in [0.2, 0.25) is 0 Å². The fourth-order valence-corrected chi connectivity index (χ4v) is 5.32. The first-order valence-corrected chi connectivity index (χ1v) is 13.9. The van der Waals surface area contributed by atoms with Gasteiger partial charge in [-0.3, -0.25) is 9.59 Å². The summed E-state index contributed by atoms with van der Waals surface area (Å²) in [5.41, 5.74) is 3.40.